The molecule has 0 radical (unpaired) electrons. The third-order valence-corrected chi connectivity index (χ3v) is 1.52. The van der Waals surface area contributed by atoms with Gasteiger partial charge in [-0.2, -0.15) is 0 Å². The Morgan fingerprint density at radius 2 is 2.44 bits per heavy atom. The van der Waals surface area contributed by atoms with Gasteiger partial charge in [0, 0.05) is 6.20 Å². The lowest BCUT2D eigenvalue weighted by molar-refractivity contribution is 0.253. The van der Waals surface area contributed by atoms with Gasteiger partial charge in [-0.05, 0) is 18.2 Å². The summed E-state index contributed by atoms with van der Waals surface area (Å²) in [5.41, 5.74) is -0.283. The summed E-state index contributed by atoms with van der Waals surface area (Å²) < 4.78 is 0. The second-order valence-corrected chi connectivity index (χ2v) is 2.07. The van der Waals surface area contributed by atoms with Gasteiger partial charge in [-0.15, -0.1) is 0 Å². The van der Waals surface area contributed by atoms with E-state index in [0.29, 0.717) is 0 Å². The molecule has 2 aliphatic heterocycles. The van der Waals surface area contributed by atoms with E-state index in [4.69, 9.17) is 4.84 Å². The summed E-state index contributed by atoms with van der Waals surface area (Å²) in [6.45, 7) is 3.65. The molecular formula is C7H7NO. The first-order chi connectivity index (χ1) is 4.37. The van der Waals surface area contributed by atoms with Gasteiger partial charge in [0.2, 0.25) is 5.72 Å². The molecule has 46 valence electrons. The topological polar surface area (TPSA) is 15.5 Å². The van der Waals surface area contributed by atoms with E-state index in [2.05, 4.69) is 6.58 Å². The highest BCUT2D eigenvalue weighted by atomic mass is 16.9. The Labute approximate surface area is 53.7 Å². The van der Waals surface area contributed by atoms with E-state index in [1.54, 1.807) is 11.1 Å². The Bertz CT molecular complexity index is 207. The van der Waals surface area contributed by atoms with E-state index < -0.39 is 0 Å². The lowest BCUT2D eigenvalue weighted by atomic mass is 10.2. The van der Waals surface area contributed by atoms with Crippen LogP contribution in [0.25, 0.3) is 0 Å². The van der Waals surface area contributed by atoms with Gasteiger partial charge >= 0.3 is 0 Å². The summed E-state index contributed by atoms with van der Waals surface area (Å²) in [6.07, 6.45) is 9.48. The Morgan fingerprint density at radius 1 is 1.56 bits per heavy atom. The highest BCUT2D eigenvalue weighted by Crippen LogP contribution is 2.39. The molecule has 9 heavy (non-hydrogen) atoms. The number of hydroxylamine groups is 2. The van der Waals surface area contributed by atoms with Crippen molar-refractivity contribution in [2.24, 2.45) is 0 Å². The summed E-state index contributed by atoms with van der Waals surface area (Å²) in [4.78, 5) is 5.16. The molecule has 0 aromatic heterocycles. The van der Waals surface area contributed by atoms with Crippen molar-refractivity contribution >= 4 is 0 Å². The van der Waals surface area contributed by atoms with Crippen LogP contribution in [0.2, 0.25) is 0 Å². The molecule has 0 aliphatic carbocycles. The maximum atomic E-state index is 5.16. The van der Waals surface area contributed by atoms with Gasteiger partial charge in [0.15, 0.2) is 0 Å². The van der Waals surface area contributed by atoms with Crippen molar-refractivity contribution in [3.05, 3.63) is 37.1 Å². The van der Waals surface area contributed by atoms with Gasteiger partial charge < -0.3 is 0 Å². The van der Waals surface area contributed by atoms with Gasteiger partial charge in [-0.3, -0.25) is 0 Å². The van der Waals surface area contributed by atoms with Crippen molar-refractivity contribution in [3.63, 3.8) is 0 Å². The molecule has 0 spiro atoms. The van der Waals surface area contributed by atoms with Crippen molar-refractivity contribution in [3.8, 4) is 0 Å². The molecule has 1 unspecified atom stereocenters. The van der Waals surface area contributed by atoms with E-state index >= 15 is 0 Å². The van der Waals surface area contributed by atoms with Gasteiger partial charge in [0.1, 0.15) is 0 Å². The predicted octanol–water partition coefficient (Wildman–Crippen LogP) is 1.20. The van der Waals surface area contributed by atoms with Crippen LogP contribution in [0.3, 0.4) is 0 Å². The fraction of sp³-hybridized carbons (Fsp3) is 0.143. The van der Waals surface area contributed by atoms with Crippen LogP contribution < -0.4 is 0 Å². The smallest absolute Gasteiger partial charge is 0.227 e. The molecule has 0 N–H and O–H groups in total. The summed E-state index contributed by atoms with van der Waals surface area (Å²) in [6, 6.07) is 0. The predicted molar refractivity (Wildman–Crippen MR) is 34.1 cm³/mol. The quantitative estimate of drug-likeness (QED) is 0.382. The molecule has 0 bridgehead atoms. The molecule has 0 amide bonds. The van der Waals surface area contributed by atoms with Crippen LogP contribution in [-0.4, -0.2) is 10.8 Å². The molecule has 2 aliphatic rings. The zero-order valence-corrected chi connectivity index (χ0v) is 4.95. The number of rotatable bonds is 1. The normalized spacial score (nSPS) is 36.2. The zero-order chi connectivity index (χ0) is 6.32. The van der Waals surface area contributed by atoms with Crippen LogP contribution in [0.15, 0.2) is 37.1 Å². The van der Waals surface area contributed by atoms with Gasteiger partial charge in [0.25, 0.3) is 0 Å². The Balaban J connectivity index is 2.32. The molecule has 0 saturated carbocycles. The van der Waals surface area contributed by atoms with E-state index in [1.807, 2.05) is 24.4 Å². The maximum Gasteiger partial charge on any atom is 0.227 e. The monoisotopic (exact) mass is 121 g/mol. The molecule has 0 aromatic rings. The Morgan fingerprint density at radius 3 is 3.00 bits per heavy atom. The average Bonchev–Trinajstić information content (AvgIpc) is 2.62. The third kappa shape index (κ3) is 0.481. The molecule has 2 heteroatoms. The van der Waals surface area contributed by atoms with Crippen molar-refractivity contribution in [1.29, 1.82) is 0 Å². The number of hydrogen-bond donors (Lipinski definition) is 0. The highest BCUT2D eigenvalue weighted by molar-refractivity contribution is 5.26. The molecule has 2 heterocycles. The molecule has 1 fully saturated rings. The second-order valence-electron chi connectivity index (χ2n) is 2.07. The molecule has 1 atom stereocenters. The first-order valence-corrected chi connectivity index (χ1v) is 2.85. The first-order valence-electron chi connectivity index (χ1n) is 2.85. The van der Waals surface area contributed by atoms with Crippen molar-refractivity contribution in [1.82, 2.24) is 5.06 Å². The Kier molecular flexibility index (Phi) is 0.684. The fourth-order valence-electron chi connectivity index (χ4n) is 0.905. The van der Waals surface area contributed by atoms with Crippen LogP contribution in [-0.2, 0) is 4.84 Å². The maximum absolute atomic E-state index is 5.16. The number of hydrogen-bond acceptors (Lipinski definition) is 2. The van der Waals surface area contributed by atoms with E-state index in [0.717, 1.165) is 0 Å². The summed E-state index contributed by atoms with van der Waals surface area (Å²) in [7, 11) is 0. The fourth-order valence-corrected chi connectivity index (χ4v) is 0.905. The molecule has 2 nitrogen and oxygen atoms in total. The summed E-state index contributed by atoms with van der Waals surface area (Å²) in [5.74, 6) is 0. The van der Waals surface area contributed by atoms with Crippen LogP contribution in [0.1, 0.15) is 0 Å². The number of allylic oxidation sites excluding steroid dienone is 2. The van der Waals surface area contributed by atoms with E-state index in [9.17, 15) is 0 Å². The van der Waals surface area contributed by atoms with E-state index in [1.165, 1.54) is 0 Å². The first kappa shape index (κ1) is 4.82. The van der Waals surface area contributed by atoms with Crippen LogP contribution in [0.4, 0.5) is 0 Å². The van der Waals surface area contributed by atoms with Crippen LogP contribution in [0.5, 0.6) is 0 Å². The van der Waals surface area contributed by atoms with Crippen molar-refractivity contribution < 1.29 is 4.84 Å². The number of fused-ring (bicyclic) bond motifs is 1. The van der Waals surface area contributed by atoms with Crippen LogP contribution in [0, 0.1) is 0 Å². The molecule has 0 aromatic carbocycles. The minimum absolute atomic E-state index is 0.283. The van der Waals surface area contributed by atoms with Gasteiger partial charge in [-0.25, -0.2) is 9.90 Å². The highest BCUT2D eigenvalue weighted by Gasteiger charge is 2.49. The summed E-state index contributed by atoms with van der Waals surface area (Å²) in [5, 5.41) is 1.75. The SMILES string of the molecule is C=CC12C=CC=CN1O2. The second kappa shape index (κ2) is 1.28. The Hall–Kier alpha value is -1.02. The lowest BCUT2D eigenvalue weighted by Crippen LogP contribution is -2.09. The van der Waals surface area contributed by atoms with Crippen molar-refractivity contribution in [2.75, 3.05) is 0 Å². The average molecular weight is 121 g/mol. The van der Waals surface area contributed by atoms with Crippen molar-refractivity contribution in [2.45, 2.75) is 5.72 Å². The molecule has 1 saturated heterocycles. The standard InChI is InChI=1S/C7H7NO/c1-2-7-5-3-4-6-8(7)9-7/h2-6H,1H2. The minimum Gasteiger partial charge on any atom is -0.231 e. The summed E-state index contributed by atoms with van der Waals surface area (Å²) >= 11 is 0. The molecular weight excluding hydrogens is 114 g/mol. The van der Waals surface area contributed by atoms with Gasteiger partial charge in [0.05, 0.1) is 0 Å². The minimum atomic E-state index is -0.283. The zero-order valence-electron chi connectivity index (χ0n) is 4.95. The third-order valence-electron chi connectivity index (χ3n) is 1.52. The molecule has 2 rings (SSSR count). The lowest BCUT2D eigenvalue weighted by Gasteiger charge is -1.98. The van der Waals surface area contributed by atoms with Gasteiger partial charge in [-0.1, -0.05) is 12.7 Å². The van der Waals surface area contributed by atoms with E-state index in [-0.39, 0.29) is 5.72 Å². The number of nitrogens with zero attached hydrogens (tertiary/aromatic N) is 1. The van der Waals surface area contributed by atoms with Crippen LogP contribution >= 0.6 is 0 Å². The largest absolute Gasteiger partial charge is 0.231 e.